The lowest BCUT2D eigenvalue weighted by molar-refractivity contribution is 0.141. The molecule has 1 N–H and O–H groups in total. The molecule has 4 heteroatoms. The number of hydrogen-bond donors (Lipinski definition) is 1. The predicted octanol–water partition coefficient (Wildman–Crippen LogP) is 3.38. The smallest absolute Gasteiger partial charge is 0.0730 e. The zero-order valence-corrected chi connectivity index (χ0v) is 14.4. The van der Waals surface area contributed by atoms with Gasteiger partial charge in [-0.2, -0.15) is 0 Å². The van der Waals surface area contributed by atoms with Crippen LogP contribution in [0.5, 0.6) is 0 Å². The number of nitrogens with zero attached hydrogens (tertiary/aromatic N) is 3. The van der Waals surface area contributed by atoms with Gasteiger partial charge >= 0.3 is 0 Å². The highest BCUT2D eigenvalue weighted by atomic mass is 15.4. The first kappa shape index (κ1) is 16.5. The van der Waals surface area contributed by atoms with Crippen LogP contribution in [0.2, 0.25) is 0 Å². The van der Waals surface area contributed by atoms with Crippen LogP contribution < -0.4 is 5.32 Å². The Hall–Kier alpha value is -0.900. The highest BCUT2D eigenvalue weighted by molar-refractivity contribution is 5.15. The highest BCUT2D eigenvalue weighted by Gasteiger charge is 2.41. The highest BCUT2D eigenvalue weighted by Crippen LogP contribution is 2.42. The molecule has 1 saturated carbocycles. The number of aromatic nitrogens is 3. The molecule has 1 aromatic heterocycles. The second-order valence-corrected chi connectivity index (χ2v) is 7.25. The van der Waals surface area contributed by atoms with Crippen molar-refractivity contribution >= 4 is 0 Å². The summed E-state index contributed by atoms with van der Waals surface area (Å²) >= 11 is 0. The van der Waals surface area contributed by atoms with E-state index in [-0.39, 0.29) is 5.41 Å². The number of aryl methyl sites for hydroxylation is 1. The lowest BCUT2D eigenvalue weighted by Gasteiger charge is -2.44. The Morgan fingerprint density at radius 1 is 1.33 bits per heavy atom. The molecule has 21 heavy (non-hydrogen) atoms. The molecular weight excluding hydrogens is 260 g/mol. The monoisotopic (exact) mass is 292 g/mol. The fourth-order valence-corrected chi connectivity index (χ4v) is 4.06. The fourth-order valence-electron chi connectivity index (χ4n) is 4.06. The van der Waals surface area contributed by atoms with Crippen LogP contribution in [0, 0.1) is 11.8 Å². The zero-order chi connectivity index (χ0) is 15.5. The van der Waals surface area contributed by atoms with Crippen molar-refractivity contribution in [3.63, 3.8) is 0 Å². The number of hydrogen-bond acceptors (Lipinski definition) is 3. The van der Waals surface area contributed by atoms with E-state index in [1.54, 1.807) is 0 Å². The summed E-state index contributed by atoms with van der Waals surface area (Å²) in [6.45, 7) is 13.6. The van der Waals surface area contributed by atoms with Crippen LogP contribution in [0.15, 0.2) is 6.20 Å². The predicted molar refractivity (Wildman–Crippen MR) is 87.3 cm³/mol. The first-order chi connectivity index (χ1) is 10.0. The molecule has 3 unspecified atom stereocenters. The third kappa shape index (κ3) is 3.47. The molecule has 3 atom stereocenters. The van der Waals surface area contributed by atoms with E-state index in [9.17, 15) is 0 Å². The minimum absolute atomic E-state index is 0.117. The van der Waals surface area contributed by atoms with Crippen molar-refractivity contribution in [2.45, 2.75) is 78.3 Å². The van der Waals surface area contributed by atoms with Gasteiger partial charge in [0.2, 0.25) is 0 Å². The molecule has 1 heterocycles. The lowest BCUT2D eigenvalue weighted by atomic mass is 9.65. The van der Waals surface area contributed by atoms with Crippen molar-refractivity contribution in [3.05, 3.63) is 11.9 Å². The summed E-state index contributed by atoms with van der Waals surface area (Å²) in [7, 11) is 0. The Bertz CT molecular complexity index is 438. The normalized spacial score (nSPS) is 27.0. The molecule has 1 aromatic rings. The maximum atomic E-state index is 4.30. The van der Waals surface area contributed by atoms with E-state index >= 15 is 0 Å². The lowest BCUT2D eigenvalue weighted by Crippen LogP contribution is -2.49. The maximum Gasteiger partial charge on any atom is 0.0730 e. The minimum atomic E-state index is 0.117. The molecule has 0 amide bonds. The molecule has 1 aliphatic rings. The van der Waals surface area contributed by atoms with E-state index in [0.29, 0.717) is 12.0 Å². The number of nitrogens with one attached hydrogen (secondary N) is 1. The summed E-state index contributed by atoms with van der Waals surface area (Å²) in [5.41, 5.74) is 1.41. The molecule has 0 aromatic carbocycles. The first-order valence-corrected chi connectivity index (χ1v) is 8.63. The molecule has 0 bridgehead atoms. The third-order valence-corrected chi connectivity index (χ3v) is 5.22. The SMILES string of the molecule is CCCn1nncc1C(C)(C)C1CCC(C)CC1NCC. The molecule has 0 aliphatic heterocycles. The minimum Gasteiger partial charge on any atom is -0.314 e. The molecule has 2 rings (SSSR count). The topological polar surface area (TPSA) is 42.7 Å². The molecule has 1 fully saturated rings. The van der Waals surface area contributed by atoms with Gasteiger partial charge in [-0.3, -0.25) is 0 Å². The zero-order valence-electron chi connectivity index (χ0n) is 14.4. The van der Waals surface area contributed by atoms with Gasteiger partial charge in [0.05, 0.1) is 11.9 Å². The molecule has 0 spiro atoms. The Balaban J connectivity index is 2.25. The quantitative estimate of drug-likeness (QED) is 0.874. The van der Waals surface area contributed by atoms with Gasteiger partial charge in [-0.1, -0.05) is 46.3 Å². The van der Waals surface area contributed by atoms with Crippen molar-refractivity contribution < 1.29 is 0 Å². The molecule has 4 nitrogen and oxygen atoms in total. The fraction of sp³-hybridized carbons (Fsp3) is 0.882. The second kappa shape index (κ2) is 6.91. The standard InChI is InChI=1S/C17H32N4/c1-6-10-21-16(12-19-20-21)17(4,5)14-9-8-13(3)11-15(14)18-7-2/h12-15,18H,6-11H2,1-5H3. The summed E-state index contributed by atoms with van der Waals surface area (Å²) in [6, 6.07) is 0.610. The number of rotatable bonds is 6. The summed E-state index contributed by atoms with van der Waals surface area (Å²) in [5, 5.41) is 12.2. The summed E-state index contributed by atoms with van der Waals surface area (Å²) in [4.78, 5) is 0. The summed E-state index contributed by atoms with van der Waals surface area (Å²) in [6.07, 6.45) is 7.01. The van der Waals surface area contributed by atoms with E-state index in [2.05, 4.69) is 54.9 Å². The summed E-state index contributed by atoms with van der Waals surface area (Å²) in [5.74, 6) is 1.49. The van der Waals surface area contributed by atoms with E-state index in [1.165, 1.54) is 25.0 Å². The third-order valence-electron chi connectivity index (χ3n) is 5.22. The molecule has 1 aliphatic carbocycles. The van der Waals surface area contributed by atoms with Gasteiger partial charge in [0.25, 0.3) is 0 Å². The van der Waals surface area contributed by atoms with Crippen LogP contribution in [0.1, 0.15) is 66.0 Å². The van der Waals surface area contributed by atoms with Crippen molar-refractivity contribution in [2.75, 3.05) is 6.54 Å². The molecule has 0 radical (unpaired) electrons. The largest absolute Gasteiger partial charge is 0.314 e. The van der Waals surface area contributed by atoms with Gasteiger partial charge in [-0.05, 0) is 37.6 Å². The van der Waals surface area contributed by atoms with E-state index in [4.69, 9.17) is 0 Å². The molecule has 120 valence electrons. The van der Waals surface area contributed by atoms with Crippen LogP contribution in [0.4, 0.5) is 0 Å². The Kier molecular flexibility index (Phi) is 5.42. The Morgan fingerprint density at radius 3 is 2.76 bits per heavy atom. The van der Waals surface area contributed by atoms with Crippen LogP contribution in [-0.4, -0.2) is 27.6 Å². The average molecular weight is 292 g/mol. The molecular formula is C17H32N4. The summed E-state index contributed by atoms with van der Waals surface area (Å²) < 4.78 is 2.11. The van der Waals surface area contributed by atoms with Crippen molar-refractivity contribution in [2.24, 2.45) is 11.8 Å². The average Bonchev–Trinajstić information content (AvgIpc) is 2.88. The molecule has 0 saturated heterocycles. The van der Waals surface area contributed by atoms with Crippen LogP contribution in [0.3, 0.4) is 0 Å². The van der Waals surface area contributed by atoms with Gasteiger partial charge in [0.1, 0.15) is 0 Å². The Labute approximate surface area is 129 Å². The second-order valence-electron chi connectivity index (χ2n) is 7.25. The van der Waals surface area contributed by atoms with E-state index in [0.717, 1.165) is 25.4 Å². The van der Waals surface area contributed by atoms with Gasteiger partial charge in [0.15, 0.2) is 0 Å². The van der Waals surface area contributed by atoms with Crippen LogP contribution >= 0.6 is 0 Å². The van der Waals surface area contributed by atoms with Crippen molar-refractivity contribution in [1.82, 2.24) is 20.3 Å². The van der Waals surface area contributed by atoms with Gasteiger partial charge in [-0.15, -0.1) is 5.10 Å². The van der Waals surface area contributed by atoms with Crippen LogP contribution in [-0.2, 0) is 12.0 Å². The van der Waals surface area contributed by atoms with Gasteiger partial charge < -0.3 is 5.32 Å². The first-order valence-electron chi connectivity index (χ1n) is 8.63. The van der Waals surface area contributed by atoms with E-state index < -0.39 is 0 Å². The van der Waals surface area contributed by atoms with Crippen LogP contribution in [0.25, 0.3) is 0 Å². The van der Waals surface area contributed by atoms with Crippen molar-refractivity contribution in [3.8, 4) is 0 Å². The van der Waals surface area contributed by atoms with Crippen molar-refractivity contribution in [1.29, 1.82) is 0 Å². The van der Waals surface area contributed by atoms with E-state index in [1.807, 2.05) is 6.20 Å². The maximum absolute atomic E-state index is 4.30. The Morgan fingerprint density at radius 2 is 2.10 bits per heavy atom. The van der Waals surface area contributed by atoms with Gasteiger partial charge in [-0.25, -0.2) is 4.68 Å². The van der Waals surface area contributed by atoms with Gasteiger partial charge in [0, 0.05) is 18.0 Å².